The standard InChI is InChI=1S/C23H26N6O2/c1-14-4-6-19(24-12-14)27-23(31)17-8-10-29(11-9-17)20-7-5-18(13-25-20)21-26-16(3)15(2)22(30)28-21/h4-7,12-13,17H,8-11H2,1-3H3,(H,24,27,31)(H,26,28,30). The van der Waals surface area contributed by atoms with E-state index in [1.54, 1.807) is 19.3 Å². The van der Waals surface area contributed by atoms with Crippen molar-refractivity contribution in [1.29, 1.82) is 0 Å². The van der Waals surface area contributed by atoms with Crippen LogP contribution in [0.3, 0.4) is 0 Å². The van der Waals surface area contributed by atoms with Gasteiger partial charge in [-0.05, 0) is 57.4 Å². The summed E-state index contributed by atoms with van der Waals surface area (Å²) in [6.45, 7) is 7.06. The predicted molar refractivity (Wildman–Crippen MR) is 120 cm³/mol. The average Bonchev–Trinajstić information content (AvgIpc) is 2.79. The normalized spacial score (nSPS) is 14.5. The monoisotopic (exact) mass is 418 g/mol. The molecule has 1 amide bonds. The Morgan fingerprint density at radius 2 is 1.84 bits per heavy atom. The zero-order chi connectivity index (χ0) is 22.0. The summed E-state index contributed by atoms with van der Waals surface area (Å²) in [5, 5.41) is 2.91. The molecular weight excluding hydrogens is 392 g/mol. The Hall–Kier alpha value is -3.55. The number of pyridine rings is 2. The van der Waals surface area contributed by atoms with Crippen molar-refractivity contribution in [2.75, 3.05) is 23.3 Å². The zero-order valence-electron chi connectivity index (χ0n) is 18.0. The number of carbonyl (C=O) groups is 1. The van der Waals surface area contributed by atoms with Gasteiger partial charge in [0.1, 0.15) is 17.5 Å². The average molecular weight is 419 g/mol. The summed E-state index contributed by atoms with van der Waals surface area (Å²) in [7, 11) is 0. The van der Waals surface area contributed by atoms with Crippen LogP contribution in [0.5, 0.6) is 0 Å². The van der Waals surface area contributed by atoms with Crippen LogP contribution in [0.15, 0.2) is 41.5 Å². The van der Waals surface area contributed by atoms with Crippen molar-refractivity contribution in [2.45, 2.75) is 33.6 Å². The molecule has 0 bridgehead atoms. The number of nitrogens with one attached hydrogen (secondary N) is 2. The second-order valence-corrected chi connectivity index (χ2v) is 8.00. The fourth-order valence-electron chi connectivity index (χ4n) is 3.64. The summed E-state index contributed by atoms with van der Waals surface area (Å²) in [6, 6.07) is 7.60. The van der Waals surface area contributed by atoms with Gasteiger partial charge in [0.2, 0.25) is 5.91 Å². The number of aromatic amines is 1. The summed E-state index contributed by atoms with van der Waals surface area (Å²) in [5.74, 6) is 1.95. The molecule has 0 radical (unpaired) electrons. The summed E-state index contributed by atoms with van der Waals surface area (Å²) in [5.41, 5.74) is 3.03. The molecule has 1 saturated heterocycles. The van der Waals surface area contributed by atoms with E-state index in [0.717, 1.165) is 42.9 Å². The topological polar surface area (TPSA) is 104 Å². The molecular formula is C23H26N6O2. The number of H-pyrrole nitrogens is 1. The Balaban J connectivity index is 1.37. The number of carbonyl (C=O) groups excluding carboxylic acids is 1. The highest BCUT2D eigenvalue weighted by molar-refractivity contribution is 5.91. The minimum atomic E-state index is -0.132. The van der Waals surface area contributed by atoms with Crippen LogP contribution in [0.4, 0.5) is 11.6 Å². The van der Waals surface area contributed by atoms with Gasteiger partial charge in [0.25, 0.3) is 5.56 Å². The number of aryl methyl sites for hydroxylation is 2. The van der Waals surface area contributed by atoms with Crippen LogP contribution in [0, 0.1) is 26.7 Å². The summed E-state index contributed by atoms with van der Waals surface area (Å²) in [6.07, 6.45) is 4.99. The Labute approximate surface area is 180 Å². The molecule has 0 aliphatic carbocycles. The van der Waals surface area contributed by atoms with E-state index < -0.39 is 0 Å². The Morgan fingerprint density at radius 1 is 1.06 bits per heavy atom. The highest BCUT2D eigenvalue weighted by atomic mass is 16.2. The van der Waals surface area contributed by atoms with Gasteiger partial charge >= 0.3 is 0 Å². The molecule has 3 aromatic rings. The first kappa shape index (κ1) is 20.7. The van der Waals surface area contributed by atoms with E-state index in [1.165, 1.54) is 0 Å². The molecule has 4 rings (SSSR count). The molecule has 8 nitrogen and oxygen atoms in total. The van der Waals surface area contributed by atoms with Gasteiger partial charge in [-0.15, -0.1) is 0 Å². The quantitative estimate of drug-likeness (QED) is 0.675. The molecule has 8 heteroatoms. The van der Waals surface area contributed by atoms with E-state index in [-0.39, 0.29) is 17.4 Å². The van der Waals surface area contributed by atoms with Crippen molar-refractivity contribution in [3.05, 3.63) is 63.8 Å². The highest BCUT2D eigenvalue weighted by Crippen LogP contribution is 2.24. The third kappa shape index (κ3) is 4.63. The number of aromatic nitrogens is 4. The van der Waals surface area contributed by atoms with Gasteiger partial charge in [-0.1, -0.05) is 6.07 Å². The number of rotatable bonds is 4. The molecule has 160 valence electrons. The van der Waals surface area contributed by atoms with Crippen LogP contribution in [-0.2, 0) is 4.79 Å². The first-order valence-electron chi connectivity index (χ1n) is 10.4. The lowest BCUT2D eigenvalue weighted by Gasteiger charge is -2.32. The molecule has 0 unspecified atom stereocenters. The van der Waals surface area contributed by atoms with E-state index in [2.05, 4.69) is 30.2 Å². The van der Waals surface area contributed by atoms with E-state index in [9.17, 15) is 9.59 Å². The number of piperidine rings is 1. The summed E-state index contributed by atoms with van der Waals surface area (Å²) in [4.78, 5) is 42.8. The number of hydrogen-bond donors (Lipinski definition) is 2. The number of hydrogen-bond acceptors (Lipinski definition) is 6. The van der Waals surface area contributed by atoms with E-state index in [4.69, 9.17) is 0 Å². The first-order chi connectivity index (χ1) is 14.9. The Bertz CT molecular complexity index is 1130. The lowest BCUT2D eigenvalue weighted by Crippen LogP contribution is -2.38. The van der Waals surface area contributed by atoms with Crippen LogP contribution < -0.4 is 15.8 Å². The fourth-order valence-corrected chi connectivity index (χ4v) is 3.64. The first-order valence-corrected chi connectivity index (χ1v) is 10.4. The van der Waals surface area contributed by atoms with Crippen molar-refractivity contribution < 1.29 is 4.79 Å². The number of anilines is 2. The van der Waals surface area contributed by atoms with E-state index in [0.29, 0.717) is 22.9 Å². The van der Waals surface area contributed by atoms with Gasteiger partial charge in [0, 0.05) is 48.2 Å². The van der Waals surface area contributed by atoms with Crippen molar-refractivity contribution >= 4 is 17.5 Å². The van der Waals surface area contributed by atoms with Crippen molar-refractivity contribution in [3.8, 4) is 11.4 Å². The minimum absolute atomic E-state index is 0.0177. The minimum Gasteiger partial charge on any atom is -0.357 e. The maximum atomic E-state index is 12.6. The molecule has 0 atom stereocenters. The summed E-state index contributed by atoms with van der Waals surface area (Å²) >= 11 is 0. The molecule has 1 aliphatic rings. The van der Waals surface area contributed by atoms with Crippen LogP contribution in [-0.4, -0.2) is 38.9 Å². The maximum absolute atomic E-state index is 12.6. The van der Waals surface area contributed by atoms with Gasteiger partial charge in [0.05, 0.1) is 0 Å². The second-order valence-electron chi connectivity index (χ2n) is 8.00. The molecule has 4 heterocycles. The van der Waals surface area contributed by atoms with Gasteiger partial charge < -0.3 is 15.2 Å². The van der Waals surface area contributed by atoms with Gasteiger partial charge in [-0.25, -0.2) is 15.0 Å². The molecule has 2 N–H and O–H groups in total. The molecule has 0 saturated carbocycles. The van der Waals surface area contributed by atoms with Crippen LogP contribution in [0.25, 0.3) is 11.4 Å². The largest absolute Gasteiger partial charge is 0.357 e. The molecule has 31 heavy (non-hydrogen) atoms. The van der Waals surface area contributed by atoms with Crippen molar-refractivity contribution in [2.24, 2.45) is 5.92 Å². The lowest BCUT2D eigenvalue weighted by atomic mass is 9.96. The molecule has 0 aromatic carbocycles. The number of amides is 1. The summed E-state index contributed by atoms with van der Waals surface area (Å²) < 4.78 is 0. The maximum Gasteiger partial charge on any atom is 0.254 e. The smallest absolute Gasteiger partial charge is 0.254 e. The SMILES string of the molecule is Cc1ccc(NC(=O)C2CCN(c3ccc(-c4nc(C)c(C)c(=O)[nH]4)cn3)CC2)nc1. The van der Waals surface area contributed by atoms with Gasteiger partial charge in [-0.2, -0.15) is 0 Å². The van der Waals surface area contributed by atoms with Crippen molar-refractivity contribution in [1.82, 2.24) is 19.9 Å². The highest BCUT2D eigenvalue weighted by Gasteiger charge is 2.26. The Morgan fingerprint density at radius 3 is 2.45 bits per heavy atom. The lowest BCUT2D eigenvalue weighted by molar-refractivity contribution is -0.120. The Kier molecular flexibility index (Phi) is 5.79. The van der Waals surface area contributed by atoms with Crippen LogP contribution in [0.1, 0.15) is 29.7 Å². The van der Waals surface area contributed by atoms with Crippen LogP contribution >= 0.6 is 0 Å². The van der Waals surface area contributed by atoms with E-state index >= 15 is 0 Å². The molecule has 1 fully saturated rings. The van der Waals surface area contributed by atoms with Gasteiger partial charge in [-0.3, -0.25) is 9.59 Å². The van der Waals surface area contributed by atoms with Crippen molar-refractivity contribution in [3.63, 3.8) is 0 Å². The van der Waals surface area contributed by atoms with Gasteiger partial charge in [0.15, 0.2) is 0 Å². The zero-order valence-corrected chi connectivity index (χ0v) is 18.0. The molecule has 0 spiro atoms. The molecule has 3 aromatic heterocycles. The predicted octanol–water partition coefficient (Wildman–Crippen LogP) is 3.01. The fraction of sp³-hybridized carbons (Fsp3) is 0.348. The third-order valence-corrected chi connectivity index (χ3v) is 5.77. The molecule has 1 aliphatic heterocycles. The van der Waals surface area contributed by atoms with Crippen LogP contribution in [0.2, 0.25) is 0 Å². The number of nitrogens with zero attached hydrogens (tertiary/aromatic N) is 4. The third-order valence-electron chi connectivity index (χ3n) is 5.77. The second kappa shape index (κ2) is 8.67. The van der Waals surface area contributed by atoms with E-state index in [1.807, 2.05) is 38.1 Å².